The molecule has 118 valence electrons. The van der Waals surface area contributed by atoms with Crippen LogP contribution in [0, 0.1) is 5.82 Å². The number of anilines is 1. The van der Waals surface area contributed by atoms with Gasteiger partial charge in [-0.25, -0.2) is 19.3 Å². The molecule has 0 unspecified atom stereocenters. The molecular weight excluding hydrogens is 293 g/mol. The smallest absolute Gasteiger partial charge is 0.187 e. The SMILES string of the molecule is CCc1ncnc(N(C)Cc2ncc(-c3ccccc3)[nH]2)c1F. The maximum absolute atomic E-state index is 14.3. The third-order valence-corrected chi connectivity index (χ3v) is 3.64. The van der Waals surface area contributed by atoms with Crippen LogP contribution in [0.4, 0.5) is 10.2 Å². The maximum Gasteiger partial charge on any atom is 0.187 e. The van der Waals surface area contributed by atoms with Gasteiger partial charge in [-0.3, -0.25) is 0 Å². The molecule has 23 heavy (non-hydrogen) atoms. The lowest BCUT2D eigenvalue weighted by Crippen LogP contribution is -2.21. The van der Waals surface area contributed by atoms with Crippen molar-refractivity contribution >= 4 is 5.82 Å². The van der Waals surface area contributed by atoms with E-state index >= 15 is 0 Å². The number of nitrogens with zero attached hydrogens (tertiary/aromatic N) is 4. The van der Waals surface area contributed by atoms with E-state index in [-0.39, 0.29) is 11.6 Å². The molecule has 0 aliphatic carbocycles. The minimum atomic E-state index is -0.368. The minimum absolute atomic E-state index is 0.287. The summed E-state index contributed by atoms with van der Waals surface area (Å²) >= 11 is 0. The highest BCUT2D eigenvalue weighted by molar-refractivity contribution is 5.58. The number of imidazole rings is 1. The fourth-order valence-corrected chi connectivity index (χ4v) is 2.42. The van der Waals surface area contributed by atoms with Crippen molar-refractivity contribution < 1.29 is 4.39 Å². The second-order valence-electron chi connectivity index (χ2n) is 5.28. The first-order valence-electron chi connectivity index (χ1n) is 7.49. The molecule has 0 saturated heterocycles. The molecule has 2 heterocycles. The lowest BCUT2D eigenvalue weighted by molar-refractivity contribution is 0.587. The number of hydrogen-bond acceptors (Lipinski definition) is 4. The Labute approximate surface area is 134 Å². The molecule has 0 fully saturated rings. The number of aromatic nitrogens is 4. The van der Waals surface area contributed by atoms with Crippen molar-refractivity contribution in [1.82, 2.24) is 19.9 Å². The topological polar surface area (TPSA) is 57.7 Å². The van der Waals surface area contributed by atoms with Gasteiger partial charge in [-0.2, -0.15) is 0 Å². The Hall–Kier alpha value is -2.76. The van der Waals surface area contributed by atoms with Crippen molar-refractivity contribution in [3.8, 4) is 11.3 Å². The van der Waals surface area contributed by atoms with Crippen LogP contribution in [0.15, 0.2) is 42.9 Å². The van der Waals surface area contributed by atoms with E-state index in [1.165, 1.54) is 6.33 Å². The third kappa shape index (κ3) is 3.21. The first-order chi connectivity index (χ1) is 11.2. The molecule has 1 aromatic carbocycles. The van der Waals surface area contributed by atoms with E-state index in [4.69, 9.17) is 0 Å². The second kappa shape index (κ2) is 6.56. The summed E-state index contributed by atoms with van der Waals surface area (Å²) in [5, 5.41) is 0. The second-order valence-corrected chi connectivity index (χ2v) is 5.28. The number of rotatable bonds is 5. The first kappa shape index (κ1) is 15.1. The van der Waals surface area contributed by atoms with E-state index < -0.39 is 0 Å². The number of aromatic amines is 1. The number of aryl methyl sites for hydroxylation is 1. The molecule has 0 bridgehead atoms. The summed E-state index contributed by atoms with van der Waals surface area (Å²) in [6.45, 7) is 2.30. The molecule has 0 saturated carbocycles. The Balaban J connectivity index is 1.79. The van der Waals surface area contributed by atoms with E-state index in [1.54, 1.807) is 18.1 Å². The van der Waals surface area contributed by atoms with Crippen LogP contribution in [0.2, 0.25) is 0 Å². The summed E-state index contributed by atoms with van der Waals surface area (Å²) in [5.41, 5.74) is 2.42. The highest BCUT2D eigenvalue weighted by Crippen LogP contribution is 2.20. The summed E-state index contributed by atoms with van der Waals surface area (Å²) in [7, 11) is 1.79. The van der Waals surface area contributed by atoms with Gasteiger partial charge in [0.2, 0.25) is 0 Å². The predicted molar refractivity (Wildman–Crippen MR) is 87.5 cm³/mol. The standard InChI is InChI=1S/C17H18FN5/c1-3-13-16(18)17(21-11-20-13)23(2)10-15-19-9-14(22-15)12-7-5-4-6-8-12/h4-9,11H,3,10H2,1-2H3,(H,19,22). The molecule has 2 aromatic heterocycles. The van der Waals surface area contributed by atoms with Crippen LogP contribution in [0.25, 0.3) is 11.3 Å². The van der Waals surface area contributed by atoms with Gasteiger partial charge in [-0.05, 0) is 12.0 Å². The van der Waals surface area contributed by atoms with E-state index in [9.17, 15) is 4.39 Å². The fraction of sp³-hybridized carbons (Fsp3) is 0.235. The molecule has 5 nitrogen and oxygen atoms in total. The zero-order valence-corrected chi connectivity index (χ0v) is 13.1. The van der Waals surface area contributed by atoms with Gasteiger partial charge < -0.3 is 9.88 Å². The van der Waals surface area contributed by atoms with Gasteiger partial charge in [-0.15, -0.1) is 0 Å². The van der Waals surface area contributed by atoms with Crippen molar-refractivity contribution in [2.45, 2.75) is 19.9 Å². The Morgan fingerprint density at radius 1 is 1.13 bits per heavy atom. The zero-order valence-electron chi connectivity index (χ0n) is 13.1. The summed E-state index contributed by atoms with van der Waals surface area (Å²) in [4.78, 5) is 17.4. The van der Waals surface area contributed by atoms with Crippen molar-refractivity contribution in [2.24, 2.45) is 0 Å². The van der Waals surface area contributed by atoms with E-state index in [1.807, 2.05) is 37.3 Å². The number of hydrogen-bond donors (Lipinski definition) is 1. The van der Waals surface area contributed by atoms with Crippen LogP contribution in [0.1, 0.15) is 18.4 Å². The van der Waals surface area contributed by atoms with Crippen molar-refractivity contribution in [3.05, 3.63) is 60.2 Å². The largest absolute Gasteiger partial charge is 0.350 e. The van der Waals surface area contributed by atoms with E-state index in [0.717, 1.165) is 17.1 Å². The fourth-order valence-electron chi connectivity index (χ4n) is 2.42. The third-order valence-electron chi connectivity index (χ3n) is 3.64. The Morgan fingerprint density at radius 2 is 1.91 bits per heavy atom. The van der Waals surface area contributed by atoms with Gasteiger partial charge in [0, 0.05) is 7.05 Å². The monoisotopic (exact) mass is 311 g/mol. The van der Waals surface area contributed by atoms with Gasteiger partial charge in [-0.1, -0.05) is 37.3 Å². The van der Waals surface area contributed by atoms with Crippen LogP contribution in [0.3, 0.4) is 0 Å². The molecule has 0 aliphatic heterocycles. The van der Waals surface area contributed by atoms with Gasteiger partial charge in [0.1, 0.15) is 12.2 Å². The molecule has 1 N–H and O–H groups in total. The molecule has 3 aromatic rings. The Kier molecular flexibility index (Phi) is 4.32. The number of benzene rings is 1. The highest BCUT2D eigenvalue weighted by atomic mass is 19.1. The van der Waals surface area contributed by atoms with Crippen LogP contribution >= 0.6 is 0 Å². The molecule has 6 heteroatoms. The molecule has 0 radical (unpaired) electrons. The van der Waals surface area contributed by atoms with Gasteiger partial charge >= 0.3 is 0 Å². The molecule has 0 spiro atoms. The predicted octanol–water partition coefficient (Wildman–Crippen LogP) is 3.20. The molecule has 0 atom stereocenters. The Morgan fingerprint density at radius 3 is 2.65 bits per heavy atom. The molecule has 0 amide bonds. The van der Waals surface area contributed by atoms with Crippen molar-refractivity contribution in [3.63, 3.8) is 0 Å². The van der Waals surface area contributed by atoms with Crippen molar-refractivity contribution in [1.29, 1.82) is 0 Å². The maximum atomic E-state index is 14.3. The number of nitrogens with one attached hydrogen (secondary N) is 1. The van der Waals surface area contributed by atoms with Crippen LogP contribution in [-0.4, -0.2) is 27.0 Å². The summed E-state index contributed by atoms with van der Waals surface area (Å²) in [6.07, 6.45) is 3.71. The van der Waals surface area contributed by atoms with Gasteiger partial charge in [0.05, 0.1) is 24.1 Å². The summed E-state index contributed by atoms with van der Waals surface area (Å²) in [5.74, 6) is 0.671. The normalized spacial score (nSPS) is 10.7. The van der Waals surface area contributed by atoms with Crippen LogP contribution in [-0.2, 0) is 13.0 Å². The average Bonchev–Trinajstić information content (AvgIpc) is 3.04. The van der Waals surface area contributed by atoms with E-state index in [2.05, 4.69) is 19.9 Å². The van der Waals surface area contributed by atoms with Gasteiger partial charge in [0.15, 0.2) is 11.6 Å². The number of H-pyrrole nitrogens is 1. The quantitative estimate of drug-likeness (QED) is 0.786. The van der Waals surface area contributed by atoms with E-state index in [0.29, 0.717) is 18.7 Å². The molecule has 0 aliphatic rings. The number of halogens is 1. The molecule has 3 rings (SSSR count). The molecular formula is C17H18FN5. The first-order valence-corrected chi connectivity index (χ1v) is 7.49. The zero-order chi connectivity index (χ0) is 16.2. The lowest BCUT2D eigenvalue weighted by Gasteiger charge is -2.17. The summed E-state index contributed by atoms with van der Waals surface area (Å²) < 4.78 is 14.3. The average molecular weight is 311 g/mol. The Bertz CT molecular complexity index is 785. The van der Waals surface area contributed by atoms with Crippen LogP contribution < -0.4 is 4.90 Å². The highest BCUT2D eigenvalue weighted by Gasteiger charge is 2.15. The van der Waals surface area contributed by atoms with Gasteiger partial charge in [0.25, 0.3) is 0 Å². The lowest BCUT2D eigenvalue weighted by atomic mass is 10.2. The van der Waals surface area contributed by atoms with Crippen molar-refractivity contribution in [2.75, 3.05) is 11.9 Å². The van der Waals surface area contributed by atoms with Crippen LogP contribution in [0.5, 0.6) is 0 Å². The minimum Gasteiger partial charge on any atom is -0.350 e. The summed E-state index contributed by atoms with van der Waals surface area (Å²) in [6, 6.07) is 9.95.